The monoisotopic (exact) mass is 305 g/mol. The van der Waals surface area contributed by atoms with Crippen molar-refractivity contribution in [3.05, 3.63) is 36.0 Å². The summed E-state index contributed by atoms with van der Waals surface area (Å²) in [6.45, 7) is 5.01. The average molecular weight is 305 g/mol. The molecule has 0 radical (unpaired) electrons. The van der Waals surface area contributed by atoms with E-state index in [0.717, 1.165) is 22.9 Å². The van der Waals surface area contributed by atoms with Gasteiger partial charge in [-0.15, -0.1) is 0 Å². The minimum Gasteiger partial charge on any atom is -0.490 e. The Morgan fingerprint density at radius 2 is 1.86 bits per heavy atom. The minimum absolute atomic E-state index is 0.493. The Bertz CT molecular complexity index is 573. The van der Waals surface area contributed by atoms with Gasteiger partial charge in [-0.2, -0.15) is 0 Å². The first-order chi connectivity index (χ1) is 10.2. The van der Waals surface area contributed by atoms with Crippen molar-refractivity contribution >= 4 is 17.6 Å². The van der Waals surface area contributed by atoms with Crippen LogP contribution in [0.15, 0.2) is 35.5 Å². The van der Waals surface area contributed by atoms with Gasteiger partial charge in [0.25, 0.3) is 0 Å². The second-order valence-corrected chi connectivity index (χ2v) is 5.36. The fourth-order valence-electron chi connectivity index (χ4n) is 1.76. The predicted molar refractivity (Wildman–Crippen MR) is 85.0 cm³/mol. The van der Waals surface area contributed by atoms with Crippen LogP contribution in [0.1, 0.15) is 12.6 Å². The standard InChI is InChI=1S/C15H19N3O2S/c1-3-19-12-6-4-5-7-13(12)20-8-9-21-15-17-11(2)10-14(16)18-15/h4-7,10H,3,8-9H2,1-2H3,(H2,16,17,18). The van der Waals surface area contributed by atoms with Crippen LogP contribution in [0, 0.1) is 6.92 Å². The number of para-hydroxylation sites is 2. The van der Waals surface area contributed by atoms with Crippen LogP contribution in [0.4, 0.5) is 5.82 Å². The molecule has 0 fully saturated rings. The molecule has 0 amide bonds. The zero-order valence-electron chi connectivity index (χ0n) is 12.2. The lowest BCUT2D eigenvalue weighted by Crippen LogP contribution is -2.04. The lowest BCUT2D eigenvalue weighted by molar-refractivity contribution is 0.289. The third kappa shape index (κ3) is 4.82. The van der Waals surface area contributed by atoms with Crippen molar-refractivity contribution in [2.45, 2.75) is 19.0 Å². The molecule has 2 aromatic rings. The number of hydrogen-bond donors (Lipinski definition) is 1. The first-order valence-corrected chi connectivity index (χ1v) is 7.76. The molecule has 0 bridgehead atoms. The second kappa shape index (κ2) is 7.73. The molecule has 21 heavy (non-hydrogen) atoms. The molecular formula is C15H19N3O2S. The number of nitrogens with zero attached hydrogens (tertiary/aromatic N) is 2. The Morgan fingerprint density at radius 1 is 1.14 bits per heavy atom. The van der Waals surface area contributed by atoms with Gasteiger partial charge in [-0.05, 0) is 26.0 Å². The molecule has 2 N–H and O–H groups in total. The molecule has 0 aliphatic heterocycles. The first-order valence-electron chi connectivity index (χ1n) is 6.77. The molecule has 1 heterocycles. The molecule has 1 aromatic heterocycles. The molecule has 0 saturated heterocycles. The van der Waals surface area contributed by atoms with Crippen LogP contribution in [0.5, 0.6) is 11.5 Å². The quantitative estimate of drug-likeness (QED) is 0.482. The number of hydrogen-bond acceptors (Lipinski definition) is 6. The number of ether oxygens (including phenoxy) is 2. The lowest BCUT2D eigenvalue weighted by atomic mass is 10.3. The van der Waals surface area contributed by atoms with Gasteiger partial charge in [-0.3, -0.25) is 0 Å². The SMILES string of the molecule is CCOc1ccccc1OCCSc1nc(C)cc(N)n1. The van der Waals surface area contributed by atoms with Gasteiger partial charge >= 0.3 is 0 Å². The normalized spacial score (nSPS) is 10.4. The molecule has 0 aliphatic rings. The smallest absolute Gasteiger partial charge is 0.189 e. The number of aromatic nitrogens is 2. The summed E-state index contributed by atoms with van der Waals surface area (Å²) in [6.07, 6.45) is 0. The van der Waals surface area contributed by atoms with Gasteiger partial charge in [-0.25, -0.2) is 9.97 Å². The number of thioether (sulfide) groups is 1. The lowest BCUT2D eigenvalue weighted by Gasteiger charge is -2.11. The predicted octanol–water partition coefficient (Wildman–Crippen LogP) is 2.94. The first kappa shape index (κ1) is 15.4. The van der Waals surface area contributed by atoms with Crippen LogP contribution in [-0.4, -0.2) is 28.9 Å². The number of nitrogens with two attached hydrogens (primary N) is 1. The van der Waals surface area contributed by atoms with Crippen molar-refractivity contribution in [2.75, 3.05) is 24.7 Å². The number of rotatable bonds is 7. The summed E-state index contributed by atoms with van der Waals surface area (Å²) in [5.41, 5.74) is 6.56. The van der Waals surface area contributed by atoms with E-state index in [1.807, 2.05) is 38.1 Å². The van der Waals surface area contributed by atoms with Gasteiger partial charge in [0.15, 0.2) is 16.7 Å². The Kier molecular flexibility index (Phi) is 5.68. The van der Waals surface area contributed by atoms with Crippen LogP contribution in [-0.2, 0) is 0 Å². The summed E-state index contributed by atoms with van der Waals surface area (Å²) in [5, 5.41) is 0.675. The van der Waals surface area contributed by atoms with Crippen LogP contribution in [0.25, 0.3) is 0 Å². The van der Waals surface area contributed by atoms with Crippen molar-refractivity contribution in [3.8, 4) is 11.5 Å². The van der Waals surface area contributed by atoms with Crippen molar-refractivity contribution in [3.63, 3.8) is 0 Å². The third-order valence-electron chi connectivity index (χ3n) is 2.57. The van der Waals surface area contributed by atoms with Gasteiger partial charge in [0.05, 0.1) is 13.2 Å². The van der Waals surface area contributed by atoms with Crippen LogP contribution >= 0.6 is 11.8 Å². The van der Waals surface area contributed by atoms with Gasteiger partial charge in [0.1, 0.15) is 5.82 Å². The molecule has 0 atom stereocenters. The molecule has 6 heteroatoms. The fraction of sp³-hybridized carbons (Fsp3) is 0.333. The molecule has 1 aromatic carbocycles. The molecule has 0 spiro atoms. The number of aryl methyl sites for hydroxylation is 1. The molecule has 0 unspecified atom stereocenters. The Morgan fingerprint density at radius 3 is 2.52 bits per heavy atom. The topological polar surface area (TPSA) is 70.3 Å². The molecular weight excluding hydrogens is 286 g/mol. The summed E-state index contributed by atoms with van der Waals surface area (Å²) in [4.78, 5) is 8.49. The van der Waals surface area contributed by atoms with Crippen LogP contribution in [0.3, 0.4) is 0 Å². The highest BCUT2D eigenvalue weighted by Gasteiger charge is 2.04. The van der Waals surface area contributed by atoms with E-state index in [-0.39, 0.29) is 0 Å². The maximum atomic E-state index is 5.74. The Hall–Kier alpha value is -1.95. The number of nitrogen functional groups attached to an aromatic ring is 1. The molecule has 0 saturated carbocycles. The van der Waals surface area contributed by atoms with Crippen molar-refractivity contribution in [1.82, 2.24) is 9.97 Å². The maximum absolute atomic E-state index is 5.74. The van der Waals surface area contributed by atoms with E-state index in [1.54, 1.807) is 6.07 Å². The highest BCUT2D eigenvalue weighted by molar-refractivity contribution is 7.99. The number of anilines is 1. The summed E-state index contributed by atoms with van der Waals surface area (Å²) in [6, 6.07) is 9.40. The van der Waals surface area contributed by atoms with E-state index < -0.39 is 0 Å². The highest BCUT2D eigenvalue weighted by Crippen LogP contribution is 2.26. The molecule has 112 valence electrons. The Balaban J connectivity index is 1.84. The summed E-state index contributed by atoms with van der Waals surface area (Å²) < 4.78 is 11.3. The summed E-state index contributed by atoms with van der Waals surface area (Å²) >= 11 is 1.52. The summed E-state index contributed by atoms with van der Waals surface area (Å²) in [7, 11) is 0. The van der Waals surface area contributed by atoms with E-state index in [2.05, 4.69) is 9.97 Å². The summed E-state index contributed by atoms with van der Waals surface area (Å²) in [5.74, 6) is 2.75. The van der Waals surface area contributed by atoms with Crippen LogP contribution in [0.2, 0.25) is 0 Å². The van der Waals surface area contributed by atoms with E-state index in [0.29, 0.717) is 24.2 Å². The van der Waals surface area contributed by atoms with E-state index in [9.17, 15) is 0 Å². The fourth-order valence-corrected chi connectivity index (χ4v) is 2.49. The van der Waals surface area contributed by atoms with Crippen molar-refractivity contribution in [1.29, 1.82) is 0 Å². The largest absolute Gasteiger partial charge is 0.490 e. The van der Waals surface area contributed by atoms with Crippen molar-refractivity contribution < 1.29 is 9.47 Å². The second-order valence-electron chi connectivity index (χ2n) is 4.29. The minimum atomic E-state index is 0.493. The van der Waals surface area contributed by atoms with Crippen molar-refractivity contribution in [2.24, 2.45) is 0 Å². The van der Waals surface area contributed by atoms with Gasteiger partial charge in [0, 0.05) is 17.5 Å². The van der Waals surface area contributed by atoms with Gasteiger partial charge < -0.3 is 15.2 Å². The highest BCUT2D eigenvalue weighted by atomic mass is 32.2. The van der Waals surface area contributed by atoms with Crippen LogP contribution < -0.4 is 15.2 Å². The third-order valence-corrected chi connectivity index (χ3v) is 3.39. The molecule has 5 nitrogen and oxygen atoms in total. The van der Waals surface area contributed by atoms with Gasteiger partial charge in [-0.1, -0.05) is 23.9 Å². The van der Waals surface area contributed by atoms with E-state index >= 15 is 0 Å². The van der Waals surface area contributed by atoms with E-state index in [4.69, 9.17) is 15.2 Å². The molecule has 0 aliphatic carbocycles. The maximum Gasteiger partial charge on any atom is 0.189 e. The van der Waals surface area contributed by atoms with Gasteiger partial charge in [0.2, 0.25) is 0 Å². The van der Waals surface area contributed by atoms with E-state index in [1.165, 1.54) is 11.8 Å². The molecule has 2 rings (SSSR count). The average Bonchev–Trinajstić information content (AvgIpc) is 2.44. The zero-order valence-corrected chi connectivity index (χ0v) is 13.0. The number of benzene rings is 1. The Labute approximate surface area is 128 Å². The zero-order chi connectivity index (χ0) is 15.1.